The fraction of sp³-hybridized carbons (Fsp3) is 0.538. The third-order valence-corrected chi connectivity index (χ3v) is 5.04. The minimum atomic E-state index is -2.83. The van der Waals surface area contributed by atoms with Crippen molar-refractivity contribution in [3.63, 3.8) is 0 Å². The van der Waals surface area contributed by atoms with E-state index in [9.17, 15) is 8.42 Å². The first-order valence-electron chi connectivity index (χ1n) is 6.23. The quantitative estimate of drug-likeness (QED) is 0.912. The average molecular weight is 285 g/mol. The third-order valence-electron chi connectivity index (χ3n) is 3.32. The summed E-state index contributed by atoms with van der Waals surface area (Å²) in [6.07, 6.45) is 1.26. The molecule has 0 unspecified atom stereocenters. The molecular weight excluding hydrogens is 266 g/mol. The van der Waals surface area contributed by atoms with Gasteiger partial charge in [0.2, 0.25) is 0 Å². The van der Waals surface area contributed by atoms with Crippen LogP contribution in [0.15, 0.2) is 18.2 Å². The third kappa shape index (κ3) is 3.53. The Kier molecular flexibility index (Phi) is 4.19. The number of hydrogen-bond acceptors (Lipinski definition) is 5. The first kappa shape index (κ1) is 14.0. The first-order valence-corrected chi connectivity index (χ1v) is 8.05. The molecule has 0 atom stereocenters. The molecule has 6 heteroatoms. The summed E-state index contributed by atoms with van der Waals surface area (Å²) in [6, 6.07) is 5.68. The highest BCUT2D eigenvalue weighted by molar-refractivity contribution is 7.91. The summed E-state index contributed by atoms with van der Waals surface area (Å²) < 4.78 is 33.3. The lowest BCUT2D eigenvalue weighted by Crippen LogP contribution is -2.32. The molecule has 0 aliphatic carbocycles. The Morgan fingerprint density at radius 2 is 1.84 bits per heavy atom. The minimum absolute atomic E-state index is 0.157. The molecule has 0 spiro atoms. The van der Waals surface area contributed by atoms with Crippen LogP contribution in [0.5, 0.6) is 11.5 Å². The molecule has 0 bridgehead atoms. The summed E-state index contributed by atoms with van der Waals surface area (Å²) in [7, 11) is 0.387. The van der Waals surface area contributed by atoms with Crippen LogP contribution in [0.1, 0.15) is 12.8 Å². The molecule has 1 aliphatic heterocycles. The molecule has 1 fully saturated rings. The monoisotopic (exact) mass is 285 g/mol. The van der Waals surface area contributed by atoms with Crippen LogP contribution in [-0.4, -0.2) is 40.2 Å². The van der Waals surface area contributed by atoms with Gasteiger partial charge in [-0.2, -0.15) is 0 Å². The number of sulfone groups is 1. The molecule has 0 saturated carbocycles. The Bertz CT molecular complexity index is 528. The van der Waals surface area contributed by atoms with Gasteiger partial charge in [-0.15, -0.1) is 0 Å². The van der Waals surface area contributed by atoms with E-state index in [4.69, 9.17) is 9.47 Å². The molecule has 1 aromatic rings. The van der Waals surface area contributed by atoms with Crippen molar-refractivity contribution in [2.75, 3.05) is 31.0 Å². The topological polar surface area (TPSA) is 64.6 Å². The summed E-state index contributed by atoms with van der Waals surface area (Å²) in [5.41, 5.74) is 0.839. The predicted octanol–water partition coefficient (Wildman–Crippen LogP) is 1.69. The van der Waals surface area contributed by atoms with Crippen LogP contribution in [0.3, 0.4) is 0 Å². The van der Waals surface area contributed by atoms with Crippen LogP contribution in [0.4, 0.5) is 5.69 Å². The van der Waals surface area contributed by atoms with Gasteiger partial charge < -0.3 is 14.8 Å². The van der Waals surface area contributed by atoms with Crippen molar-refractivity contribution < 1.29 is 17.9 Å². The van der Waals surface area contributed by atoms with Crippen LogP contribution >= 0.6 is 0 Å². The van der Waals surface area contributed by atoms with Crippen molar-refractivity contribution >= 4 is 15.5 Å². The van der Waals surface area contributed by atoms with E-state index in [2.05, 4.69) is 5.32 Å². The number of anilines is 1. The maximum atomic E-state index is 11.4. The average Bonchev–Trinajstić information content (AvgIpc) is 2.41. The molecule has 106 valence electrons. The molecule has 1 N–H and O–H groups in total. The number of methoxy groups -OCH3 is 2. The highest BCUT2D eigenvalue weighted by Crippen LogP contribution is 2.30. The normalized spacial score (nSPS) is 18.8. The number of ether oxygens (including phenoxy) is 2. The minimum Gasteiger partial charge on any atom is -0.497 e. The molecular formula is C13H19NO4S. The Balaban J connectivity index is 2.10. The second-order valence-corrected chi connectivity index (χ2v) is 6.94. The van der Waals surface area contributed by atoms with Crippen LogP contribution in [0.2, 0.25) is 0 Å². The zero-order valence-electron chi connectivity index (χ0n) is 11.2. The lowest BCUT2D eigenvalue weighted by atomic mass is 10.1. The molecule has 1 aromatic carbocycles. The van der Waals surface area contributed by atoms with Gasteiger partial charge in [0.25, 0.3) is 0 Å². The summed E-state index contributed by atoms with van der Waals surface area (Å²) in [6.45, 7) is 0. The zero-order chi connectivity index (χ0) is 13.9. The number of benzene rings is 1. The second kappa shape index (κ2) is 5.69. The fourth-order valence-corrected chi connectivity index (χ4v) is 3.67. The van der Waals surface area contributed by atoms with Crippen molar-refractivity contribution in [1.82, 2.24) is 0 Å². The molecule has 19 heavy (non-hydrogen) atoms. The molecule has 0 amide bonds. The highest BCUT2D eigenvalue weighted by Gasteiger charge is 2.24. The maximum Gasteiger partial charge on any atom is 0.150 e. The van der Waals surface area contributed by atoms with E-state index in [0.717, 1.165) is 17.2 Å². The van der Waals surface area contributed by atoms with E-state index < -0.39 is 9.84 Å². The van der Waals surface area contributed by atoms with Crippen molar-refractivity contribution in [1.29, 1.82) is 0 Å². The maximum absolute atomic E-state index is 11.4. The molecule has 1 aliphatic rings. The first-order chi connectivity index (χ1) is 9.04. The number of hydrogen-bond donors (Lipinski definition) is 1. The standard InChI is InChI=1S/C13H19NO4S/c1-17-11-3-4-13(18-2)12(9-11)14-10-5-7-19(15,16)8-6-10/h3-4,9-10,14H,5-8H2,1-2H3. The van der Waals surface area contributed by atoms with Gasteiger partial charge in [-0.25, -0.2) is 8.42 Å². The van der Waals surface area contributed by atoms with Crippen molar-refractivity contribution in [2.45, 2.75) is 18.9 Å². The Hall–Kier alpha value is -1.43. The highest BCUT2D eigenvalue weighted by atomic mass is 32.2. The van der Waals surface area contributed by atoms with E-state index in [1.165, 1.54) is 0 Å². The molecule has 5 nitrogen and oxygen atoms in total. The molecule has 1 heterocycles. The second-order valence-electron chi connectivity index (χ2n) is 4.64. The van der Waals surface area contributed by atoms with Crippen LogP contribution in [-0.2, 0) is 9.84 Å². The summed E-state index contributed by atoms with van der Waals surface area (Å²) >= 11 is 0. The van der Waals surface area contributed by atoms with Crippen molar-refractivity contribution in [3.05, 3.63) is 18.2 Å². The van der Waals surface area contributed by atoms with Crippen LogP contribution in [0.25, 0.3) is 0 Å². The number of nitrogens with one attached hydrogen (secondary N) is 1. The van der Waals surface area contributed by atoms with Crippen molar-refractivity contribution in [2.24, 2.45) is 0 Å². The lowest BCUT2D eigenvalue weighted by Gasteiger charge is -2.25. The van der Waals surface area contributed by atoms with E-state index in [1.807, 2.05) is 18.2 Å². The van der Waals surface area contributed by atoms with E-state index >= 15 is 0 Å². The van der Waals surface area contributed by atoms with Gasteiger partial charge in [0.1, 0.15) is 21.3 Å². The van der Waals surface area contributed by atoms with Gasteiger partial charge in [-0.1, -0.05) is 0 Å². The van der Waals surface area contributed by atoms with Gasteiger partial charge in [0, 0.05) is 12.1 Å². The lowest BCUT2D eigenvalue weighted by molar-refractivity contribution is 0.404. The van der Waals surface area contributed by atoms with Gasteiger partial charge in [-0.3, -0.25) is 0 Å². The Labute approximate surface area is 113 Å². The van der Waals surface area contributed by atoms with E-state index in [1.54, 1.807) is 14.2 Å². The van der Waals surface area contributed by atoms with E-state index in [-0.39, 0.29) is 17.5 Å². The molecule has 1 saturated heterocycles. The largest absolute Gasteiger partial charge is 0.497 e. The smallest absolute Gasteiger partial charge is 0.150 e. The number of rotatable bonds is 4. The summed E-state index contributed by atoms with van der Waals surface area (Å²) in [5, 5.41) is 3.34. The SMILES string of the molecule is COc1ccc(OC)c(NC2CCS(=O)(=O)CC2)c1. The Morgan fingerprint density at radius 3 is 2.42 bits per heavy atom. The summed E-state index contributed by atoms with van der Waals surface area (Å²) in [5.74, 6) is 1.97. The van der Waals surface area contributed by atoms with Gasteiger partial charge in [0.05, 0.1) is 31.4 Å². The van der Waals surface area contributed by atoms with Crippen LogP contribution < -0.4 is 14.8 Å². The molecule has 2 rings (SSSR count). The summed E-state index contributed by atoms with van der Waals surface area (Å²) in [4.78, 5) is 0. The molecule has 0 aromatic heterocycles. The molecule has 0 radical (unpaired) electrons. The fourth-order valence-electron chi connectivity index (χ4n) is 2.18. The van der Waals surface area contributed by atoms with Gasteiger partial charge in [-0.05, 0) is 25.0 Å². The predicted molar refractivity (Wildman–Crippen MR) is 74.8 cm³/mol. The Morgan fingerprint density at radius 1 is 1.16 bits per heavy atom. The zero-order valence-corrected chi connectivity index (χ0v) is 12.0. The van der Waals surface area contributed by atoms with Crippen molar-refractivity contribution in [3.8, 4) is 11.5 Å². The van der Waals surface area contributed by atoms with Gasteiger partial charge >= 0.3 is 0 Å². The van der Waals surface area contributed by atoms with Gasteiger partial charge in [0.15, 0.2) is 0 Å². The van der Waals surface area contributed by atoms with Crippen LogP contribution in [0, 0.1) is 0 Å². The van der Waals surface area contributed by atoms with E-state index in [0.29, 0.717) is 12.8 Å².